The van der Waals surface area contributed by atoms with Gasteiger partial charge in [0.25, 0.3) is 0 Å². The molecular weight excluding hydrogens is 194 g/mol. The van der Waals surface area contributed by atoms with Crippen LogP contribution in [0.2, 0.25) is 0 Å². The zero-order valence-electron chi connectivity index (χ0n) is 7.72. The number of hydrogen-bond donors (Lipinski definition) is 0. The van der Waals surface area contributed by atoms with Crippen molar-refractivity contribution in [3.05, 3.63) is 47.4 Å². The highest BCUT2D eigenvalue weighted by molar-refractivity contribution is 8.03. The Morgan fingerprint density at radius 2 is 2.14 bits per heavy atom. The Bertz CT molecular complexity index is 346. The maximum absolute atomic E-state index is 5.23. The van der Waals surface area contributed by atoms with Crippen molar-refractivity contribution in [3.8, 4) is 0 Å². The maximum atomic E-state index is 5.23. The van der Waals surface area contributed by atoms with E-state index in [4.69, 9.17) is 4.84 Å². The second kappa shape index (κ2) is 4.86. The van der Waals surface area contributed by atoms with Gasteiger partial charge in [0.15, 0.2) is 0 Å². The largest absolute Gasteiger partial charge is 0.391 e. The molecule has 1 aromatic carbocycles. The Morgan fingerprint density at radius 3 is 2.86 bits per heavy atom. The third kappa shape index (κ3) is 2.64. The fourth-order valence-corrected chi connectivity index (χ4v) is 1.80. The summed E-state index contributed by atoms with van der Waals surface area (Å²) in [6.07, 6.45) is 1.98. The van der Waals surface area contributed by atoms with E-state index in [-0.39, 0.29) is 0 Å². The molecule has 1 heterocycles. The van der Waals surface area contributed by atoms with Crippen LogP contribution in [0.5, 0.6) is 0 Å². The maximum Gasteiger partial charge on any atom is 0.142 e. The van der Waals surface area contributed by atoms with E-state index in [2.05, 4.69) is 5.16 Å². The first kappa shape index (κ1) is 9.34. The Labute approximate surface area is 87.6 Å². The second-order valence-corrected chi connectivity index (χ2v) is 3.85. The first-order chi connectivity index (χ1) is 6.95. The Hall–Kier alpha value is -1.22. The van der Waals surface area contributed by atoms with Crippen molar-refractivity contribution in [2.75, 3.05) is 5.75 Å². The van der Waals surface area contributed by atoms with Crippen molar-refractivity contribution in [1.29, 1.82) is 0 Å². The number of rotatable bonds is 3. The molecule has 3 heteroatoms. The summed E-state index contributed by atoms with van der Waals surface area (Å²) in [5.74, 6) is 0.925. The molecule has 0 aromatic heterocycles. The summed E-state index contributed by atoms with van der Waals surface area (Å²) in [7, 11) is 0. The van der Waals surface area contributed by atoms with Gasteiger partial charge in [0.1, 0.15) is 6.61 Å². The van der Waals surface area contributed by atoms with E-state index in [1.165, 1.54) is 0 Å². The highest BCUT2D eigenvalue weighted by Crippen LogP contribution is 2.12. The third-order valence-electron chi connectivity index (χ3n) is 1.84. The summed E-state index contributed by atoms with van der Waals surface area (Å²) < 4.78 is 0. The van der Waals surface area contributed by atoms with Crippen molar-refractivity contribution in [2.45, 2.75) is 6.61 Å². The van der Waals surface area contributed by atoms with Crippen molar-refractivity contribution in [1.82, 2.24) is 0 Å². The Balaban J connectivity index is 1.83. The quantitative estimate of drug-likeness (QED) is 0.708. The molecule has 0 bridgehead atoms. The Kier molecular flexibility index (Phi) is 3.24. The van der Waals surface area contributed by atoms with Gasteiger partial charge in [-0.3, -0.25) is 0 Å². The highest BCUT2D eigenvalue weighted by atomic mass is 32.2. The molecule has 0 saturated carbocycles. The molecule has 0 saturated heterocycles. The zero-order chi connectivity index (χ0) is 9.64. The van der Waals surface area contributed by atoms with Crippen LogP contribution in [0, 0.1) is 0 Å². The van der Waals surface area contributed by atoms with Gasteiger partial charge in [-0.05, 0) is 17.0 Å². The summed E-state index contributed by atoms with van der Waals surface area (Å²) in [6.45, 7) is 0.544. The molecule has 14 heavy (non-hydrogen) atoms. The van der Waals surface area contributed by atoms with E-state index in [1.807, 2.05) is 41.8 Å². The fraction of sp³-hybridized carbons (Fsp3) is 0.182. The summed E-state index contributed by atoms with van der Waals surface area (Å²) >= 11 is 1.74. The zero-order valence-corrected chi connectivity index (χ0v) is 8.54. The van der Waals surface area contributed by atoms with Gasteiger partial charge in [0.2, 0.25) is 0 Å². The summed E-state index contributed by atoms with van der Waals surface area (Å²) in [5, 5.41) is 6.06. The van der Waals surface area contributed by atoms with Crippen LogP contribution >= 0.6 is 11.8 Å². The van der Waals surface area contributed by atoms with Crippen LogP contribution in [0.25, 0.3) is 0 Å². The molecule has 0 aliphatic carbocycles. The van der Waals surface area contributed by atoms with E-state index in [0.717, 1.165) is 17.0 Å². The van der Waals surface area contributed by atoms with Gasteiger partial charge in [-0.15, -0.1) is 11.8 Å². The van der Waals surface area contributed by atoms with Crippen LogP contribution in [0.3, 0.4) is 0 Å². The van der Waals surface area contributed by atoms with E-state index >= 15 is 0 Å². The van der Waals surface area contributed by atoms with Gasteiger partial charge in [-0.2, -0.15) is 0 Å². The summed E-state index contributed by atoms with van der Waals surface area (Å²) in [4.78, 5) is 5.23. The highest BCUT2D eigenvalue weighted by Gasteiger charge is 2.01. The average molecular weight is 205 g/mol. The van der Waals surface area contributed by atoms with Crippen molar-refractivity contribution in [2.24, 2.45) is 5.16 Å². The minimum atomic E-state index is 0.544. The predicted octanol–water partition coefficient (Wildman–Crippen LogP) is 2.82. The molecule has 0 spiro atoms. The number of nitrogens with zero attached hydrogens (tertiary/aromatic N) is 1. The van der Waals surface area contributed by atoms with E-state index < -0.39 is 0 Å². The average Bonchev–Trinajstić information content (AvgIpc) is 2.72. The molecule has 2 nitrogen and oxygen atoms in total. The second-order valence-electron chi connectivity index (χ2n) is 2.96. The van der Waals surface area contributed by atoms with Crippen LogP contribution in [0.15, 0.2) is 47.0 Å². The lowest BCUT2D eigenvalue weighted by atomic mass is 10.2. The number of benzene rings is 1. The lowest BCUT2D eigenvalue weighted by molar-refractivity contribution is 0.131. The third-order valence-corrected chi connectivity index (χ3v) is 2.63. The first-order valence-corrected chi connectivity index (χ1v) is 5.51. The summed E-state index contributed by atoms with van der Waals surface area (Å²) in [5.41, 5.74) is 2.15. The van der Waals surface area contributed by atoms with Crippen LogP contribution < -0.4 is 0 Å². The van der Waals surface area contributed by atoms with Gasteiger partial charge >= 0.3 is 0 Å². The molecule has 2 rings (SSSR count). The minimum absolute atomic E-state index is 0.544. The van der Waals surface area contributed by atoms with Crippen LogP contribution in [-0.2, 0) is 11.4 Å². The topological polar surface area (TPSA) is 21.6 Å². The Morgan fingerprint density at radius 1 is 1.29 bits per heavy atom. The molecule has 1 aliphatic heterocycles. The lowest BCUT2D eigenvalue weighted by Crippen LogP contribution is -1.94. The SMILES string of the molecule is C1=CC(=NOCc2ccccc2)CS1. The molecule has 0 unspecified atom stereocenters. The van der Waals surface area contributed by atoms with Crippen LogP contribution in [0.4, 0.5) is 0 Å². The van der Waals surface area contributed by atoms with Gasteiger partial charge < -0.3 is 4.84 Å². The number of thioether (sulfide) groups is 1. The molecule has 1 aliphatic rings. The van der Waals surface area contributed by atoms with Gasteiger partial charge in [0, 0.05) is 5.75 Å². The van der Waals surface area contributed by atoms with Crippen molar-refractivity contribution >= 4 is 17.5 Å². The molecule has 0 fully saturated rings. The molecular formula is C11H11NOS. The van der Waals surface area contributed by atoms with Gasteiger partial charge in [-0.1, -0.05) is 35.5 Å². The number of oxime groups is 1. The molecule has 0 radical (unpaired) electrons. The van der Waals surface area contributed by atoms with Crippen molar-refractivity contribution in [3.63, 3.8) is 0 Å². The fourth-order valence-electron chi connectivity index (χ4n) is 1.13. The van der Waals surface area contributed by atoms with Gasteiger partial charge in [-0.25, -0.2) is 0 Å². The molecule has 72 valence electrons. The standard InChI is InChI=1S/C11H11NOS/c1-2-4-10(5-3-1)8-13-12-11-6-7-14-9-11/h1-7H,8-9H2. The molecule has 0 atom stereocenters. The van der Waals surface area contributed by atoms with Crippen LogP contribution in [0.1, 0.15) is 5.56 Å². The minimum Gasteiger partial charge on any atom is -0.391 e. The monoisotopic (exact) mass is 205 g/mol. The van der Waals surface area contributed by atoms with Crippen LogP contribution in [-0.4, -0.2) is 11.5 Å². The molecule has 0 N–H and O–H groups in total. The number of hydrogen-bond acceptors (Lipinski definition) is 3. The lowest BCUT2D eigenvalue weighted by Gasteiger charge is -1.99. The summed E-state index contributed by atoms with van der Waals surface area (Å²) in [6, 6.07) is 10.0. The molecule has 1 aromatic rings. The first-order valence-electron chi connectivity index (χ1n) is 4.46. The van der Waals surface area contributed by atoms with E-state index in [0.29, 0.717) is 6.61 Å². The number of allylic oxidation sites excluding steroid dienone is 1. The predicted molar refractivity (Wildman–Crippen MR) is 60.3 cm³/mol. The molecule has 0 amide bonds. The van der Waals surface area contributed by atoms with Gasteiger partial charge in [0.05, 0.1) is 5.71 Å². The normalized spacial score (nSPS) is 17.6. The van der Waals surface area contributed by atoms with E-state index in [1.54, 1.807) is 11.8 Å². The van der Waals surface area contributed by atoms with Crippen molar-refractivity contribution < 1.29 is 4.84 Å². The van der Waals surface area contributed by atoms with E-state index in [9.17, 15) is 0 Å². The smallest absolute Gasteiger partial charge is 0.142 e.